The van der Waals surface area contributed by atoms with E-state index in [1.165, 1.54) is 17.0 Å². The highest BCUT2D eigenvalue weighted by Gasteiger charge is 2.30. The Balaban J connectivity index is 1.59. The third kappa shape index (κ3) is 7.37. The fraction of sp³-hybridized carbons (Fsp3) is 0.333. The Morgan fingerprint density at radius 2 is 1.67 bits per heavy atom. The molecule has 0 aromatic heterocycles. The van der Waals surface area contributed by atoms with Crippen molar-refractivity contribution in [3.63, 3.8) is 0 Å². The van der Waals surface area contributed by atoms with Crippen molar-refractivity contribution in [3.8, 4) is 11.5 Å². The number of nitrogens with zero attached hydrogens (tertiary/aromatic N) is 1. The van der Waals surface area contributed by atoms with Gasteiger partial charge in [-0.1, -0.05) is 12.1 Å². The first-order valence-corrected chi connectivity index (χ1v) is 11.4. The average Bonchev–Trinajstić information content (AvgIpc) is 2.80. The summed E-state index contributed by atoms with van der Waals surface area (Å²) in [6.07, 6.45) is -4.28. The van der Waals surface area contributed by atoms with E-state index in [4.69, 9.17) is 9.47 Å². The molecule has 0 unspecified atom stereocenters. The van der Waals surface area contributed by atoms with E-state index in [1.807, 2.05) is 6.07 Å². The second-order valence-electron chi connectivity index (χ2n) is 9.33. The average molecular weight is 503 g/mol. The van der Waals surface area contributed by atoms with Crippen molar-refractivity contribution < 1.29 is 32.2 Å². The Morgan fingerprint density at radius 3 is 2.31 bits per heavy atom. The Kier molecular flexibility index (Phi) is 8.12. The van der Waals surface area contributed by atoms with E-state index in [-0.39, 0.29) is 11.7 Å². The van der Waals surface area contributed by atoms with Crippen molar-refractivity contribution in [2.24, 2.45) is 0 Å². The zero-order valence-corrected chi connectivity index (χ0v) is 20.6. The van der Waals surface area contributed by atoms with Gasteiger partial charge in [-0.25, -0.2) is 4.79 Å². The third-order valence-electron chi connectivity index (χ3n) is 5.17. The van der Waals surface area contributed by atoms with Crippen LogP contribution in [0.2, 0.25) is 0 Å². The molecule has 0 spiro atoms. The van der Waals surface area contributed by atoms with Crippen LogP contribution >= 0.6 is 0 Å². The summed E-state index contributed by atoms with van der Waals surface area (Å²) < 4.78 is 49.4. The minimum atomic E-state index is -4.41. The molecule has 0 aliphatic heterocycles. The number of benzene rings is 3. The number of carbonyl (C=O) groups is 2. The summed E-state index contributed by atoms with van der Waals surface area (Å²) in [7, 11) is 1.64. The highest BCUT2D eigenvalue weighted by Crippen LogP contribution is 2.33. The number of nitrogens with one attached hydrogen (secondary N) is 1. The molecular formula is C27H29F3N2O4. The maximum Gasteiger partial charge on any atom is 0.416 e. The molecule has 3 aromatic carbocycles. The van der Waals surface area contributed by atoms with Gasteiger partial charge in [-0.2, -0.15) is 13.2 Å². The number of rotatable bonds is 7. The minimum absolute atomic E-state index is 0.258. The van der Waals surface area contributed by atoms with E-state index in [1.54, 1.807) is 58.2 Å². The number of ether oxygens (including phenoxy) is 2. The molecule has 0 saturated carbocycles. The first kappa shape index (κ1) is 26.8. The van der Waals surface area contributed by atoms with E-state index < -0.39 is 23.4 Å². The molecule has 0 radical (unpaired) electrons. The number of amides is 2. The maximum absolute atomic E-state index is 12.8. The molecule has 2 amide bonds. The fourth-order valence-corrected chi connectivity index (χ4v) is 3.37. The standard InChI is InChI=1S/C27H29F3N2O4/c1-26(2,3)36-25(34)32(4)16-6-15-31-24(33)19-9-14-22-18(17-19)7-5-8-23(22)35-21-12-10-20(11-13-21)27(28,29)30/h5,7-14,17H,6,15-16H2,1-4H3,(H,31,33). The van der Waals surface area contributed by atoms with Crippen molar-refractivity contribution in [1.82, 2.24) is 10.2 Å². The van der Waals surface area contributed by atoms with Crippen molar-refractivity contribution in [3.05, 3.63) is 71.8 Å². The molecule has 0 fully saturated rings. The van der Waals surface area contributed by atoms with Crippen LogP contribution in [-0.4, -0.2) is 42.6 Å². The monoisotopic (exact) mass is 502 g/mol. The van der Waals surface area contributed by atoms with E-state index >= 15 is 0 Å². The highest BCUT2D eigenvalue weighted by atomic mass is 19.4. The van der Waals surface area contributed by atoms with Gasteiger partial charge in [-0.3, -0.25) is 4.79 Å². The van der Waals surface area contributed by atoms with Crippen LogP contribution in [0.15, 0.2) is 60.7 Å². The minimum Gasteiger partial charge on any atom is -0.457 e. The molecular weight excluding hydrogens is 473 g/mol. The summed E-state index contributed by atoms with van der Waals surface area (Å²) in [5.41, 5.74) is -0.868. The van der Waals surface area contributed by atoms with Crippen LogP contribution < -0.4 is 10.1 Å². The van der Waals surface area contributed by atoms with Gasteiger partial charge >= 0.3 is 12.3 Å². The van der Waals surface area contributed by atoms with Gasteiger partial charge in [0.05, 0.1) is 5.56 Å². The predicted octanol–water partition coefficient (Wildman–Crippen LogP) is 6.64. The molecule has 0 heterocycles. The normalized spacial score (nSPS) is 11.8. The summed E-state index contributed by atoms with van der Waals surface area (Å²) in [4.78, 5) is 26.1. The fourth-order valence-electron chi connectivity index (χ4n) is 3.37. The summed E-state index contributed by atoms with van der Waals surface area (Å²) >= 11 is 0. The molecule has 0 saturated heterocycles. The third-order valence-corrected chi connectivity index (χ3v) is 5.17. The largest absolute Gasteiger partial charge is 0.457 e. The van der Waals surface area contributed by atoms with Crippen LogP contribution in [0.5, 0.6) is 11.5 Å². The second-order valence-corrected chi connectivity index (χ2v) is 9.33. The molecule has 192 valence electrons. The van der Waals surface area contributed by atoms with E-state index in [0.29, 0.717) is 36.2 Å². The second kappa shape index (κ2) is 10.9. The first-order chi connectivity index (χ1) is 16.8. The quantitative estimate of drug-likeness (QED) is 0.368. The number of fused-ring (bicyclic) bond motifs is 1. The molecule has 6 nitrogen and oxygen atoms in total. The number of hydrogen-bond donors (Lipinski definition) is 1. The Morgan fingerprint density at radius 1 is 0.972 bits per heavy atom. The van der Waals surface area contributed by atoms with Gasteiger partial charge in [0.2, 0.25) is 0 Å². The van der Waals surface area contributed by atoms with Gasteiger partial charge in [0.15, 0.2) is 0 Å². The van der Waals surface area contributed by atoms with Crippen LogP contribution in [-0.2, 0) is 10.9 Å². The number of halogens is 3. The lowest BCUT2D eigenvalue weighted by atomic mass is 10.1. The lowest BCUT2D eigenvalue weighted by molar-refractivity contribution is -0.137. The van der Waals surface area contributed by atoms with E-state index in [9.17, 15) is 22.8 Å². The van der Waals surface area contributed by atoms with Gasteiger partial charge in [-0.15, -0.1) is 0 Å². The predicted molar refractivity (Wildman–Crippen MR) is 131 cm³/mol. The summed E-state index contributed by atoms with van der Waals surface area (Å²) in [6.45, 7) is 6.20. The maximum atomic E-state index is 12.8. The topological polar surface area (TPSA) is 67.9 Å². The molecule has 9 heteroatoms. The Hall–Kier alpha value is -3.75. The van der Waals surface area contributed by atoms with E-state index in [2.05, 4.69) is 5.32 Å². The number of hydrogen-bond acceptors (Lipinski definition) is 4. The van der Waals surface area contributed by atoms with Crippen LogP contribution in [0.25, 0.3) is 10.8 Å². The zero-order chi connectivity index (χ0) is 26.5. The molecule has 1 N–H and O–H groups in total. The van der Waals surface area contributed by atoms with Crippen LogP contribution in [0.4, 0.5) is 18.0 Å². The van der Waals surface area contributed by atoms with Gasteiger partial charge in [0, 0.05) is 31.1 Å². The lowest BCUT2D eigenvalue weighted by Crippen LogP contribution is -2.36. The van der Waals surface area contributed by atoms with Gasteiger partial charge in [0.1, 0.15) is 17.1 Å². The van der Waals surface area contributed by atoms with Crippen molar-refractivity contribution in [2.45, 2.75) is 39.0 Å². The number of carbonyl (C=O) groups excluding carboxylic acids is 2. The van der Waals surface area contributed by atoms with Crippen molar-refractivity contribution in [1.29, 1.82) is 0 Å². The number of alkyl halides is 3. The lowest BCUT2D eigenvalue weighted by Gasteiger charge is -2.24. The molecule has 3 rings (SSSR count). The van der Waals surface area contributed by atoms with Gasteiger partial charge in [0.25, 0.3) is 5.91 Å². The van der Waals surface area contributed by atoms with Crippen LogP contribution in [0.1, 0.15) is 43.1 Å². The SMILES string of the molecule is CN(CCCNC(=O)c1ccc2c(Oc3ccc(C(F)(F)F)cc3)cccc2c1)C(=O)OC(C)(C)C. The van der Waals surface area contributed by atoms with Crippen molar-refractivity contribution in [2.75, 3.05) is 20.1 Å². The summed E-state index contributed by atoms with van der Waals surface area (Å²) in [5.74, 6) is 0.476. The van der Waals surface area contributed by atoms with Crippen LogP contribution in [0, 0.1) is 0 Å². The molecule has 0 aliphatic carbocycles. The van der Waals surface area contributed by atoms with Crippen LogP contribution in [0.3, 0.4) is 0 Å². The molecule has 36 heavy (non-hydrogen) atoms. The molecule has 3 aromatic rings. The Labute approximate surface area is 208 Å². The van der Waals surface area contributed by atoms with E-state index in [0.717, 1.165) is 17.5 Å². The summed E-state index contributed by atoms with van der Waals surface area (Å²) in [6, 6.07) is 14.9. The van der Waals surface area contributed by atoms with Gasteiger partial charge in [-0.05, 0) is 81.1 Å². The first-order valence-electron chi connectivity index (χ1n) is 11.4. The molecule has 0 bridgehead atoms. The highest BCUT2D eigenvalue weighted by molar-refractivity contribution is 5.99. The smallest absolute Gasteiger partial charge is 0.416 e. The zero-order valence-electron chi connectivity index (χ0n) is 20.6. The molecule has 0 aliphatic rings. The molecule has 0 atom stereocenters. The summed E-state index contributed by atoms with van der Waals surface area (Å²) in [5, 5.41) is 4.30. The van der Waals surface area contributed by atoms with Crippen molar-refractivity contribution >= 4 is 22.8 Å². The Bertz CT molecular complexity index is 1220. The van der Waals surface area contributed by atoms with Gasteiger partial charge < -0.3 is 19.7 Å².